The molecule has 0 saturated carbocycles. The van der Waals surface area contributed by atoms with E-state index in [0.717, 1.165) is 37.1 Å². The Hall–Kier alpha value is -2.74. The number of nitrogens with one attached hydrogen (secondary N) is 1. The first-order valence-corrected chi connectivity index (χ1v) is 12.8. The second kappa shape index (κ2) is 13.5. The Bertz CT molecular complexity index is 984. The Labute approximate surface area is 216 Å². The normalized spacial score (nSPS) is 23.8. The lowest BCUT2D eigenvalue weighted by atomic mass is 9.56. The summed E-state index contributed by atoms with van der Waals surface area (Å²) >= 11 is 0. The van der Waals surface area contributed by atoms with Crippen LogP contribution in [-0.2, 0) is 21.4 Å². The number of nitrogens with zero attached hydrogens (tertiary/aromatic N) is 1. The van der Waals surface area contributed by atoms with Crippen LogP contribution in [-0.4, -0.2) is 61.2 Å². The van der Waals surface area contributed by atoms with E-state index in [1.807, 2.05) is 43.3 Å². The molecule has 7 heteroatoms. The summed E-state index contributed by atoms with van der Waals surface area (Å²) < 4.78 is 5.51. The Kier molecular flexibility index (Phi) is 11.1. The molecule has 0 aliphatic carbocycles. The first-order chi connectivity index (χ1) is 17.3. The molecule has 0 radical (unpaired) electrons. The van der Waals surface area contributed by atoms with Gasteiger partial charge in [0.2, 0.25) is 12.3 Å². The molecular formula is C29H43N3O4. The molecular weight excluding hydrogens is 454 g/mol. The number of hydrogen-bond acceptors (Lipinski definition) is 6. The molecule has 0 aromatic heterocycles. The van der Waals surface area contributed by atoms with Gasteiger partial charge in [-0.05, 0) is 75.5 Å². The first-order valence-electron chi connectivity index (χ1n) is 12.8. The SMILES string of the molecule is CCCC1(O)C(C)N(CCc2ccccc2)CCC1(CC(=O)NC=O)c1cc(OC)ccc1C.CN. The fourth-order valence-corrected chi connectivity index (χ4v) is 5.84. The number of aryl methyl sites for hydroxylation is 1. The third-order valence-electron chi connectivity index (χ3n) is 7.70. The van der Waals surface area contributed by atoms with Crippen molar-refractivity contribution in [2.24, 2.45) is 5.73 Å². The van der Waals surface area contributed by atoms with Crippen molar-refractivity contribution >= 4 is 12.3 Å². The van der Waals surface area contributed by atoms with Gasteiger partial charge < -0.3 is 15.6 Å². The van der Waals surface area contributed by atoms with Crippen molar-refractivity contribution in [1.82, 2.24) is 10.2 Å². The van der Waals surface area contributed by atoms with Gasteiger partial charge in [0.05, 0.1) is 12.7 Å². The van der Waals surface area contributed by atoms with Gasteiger partial charge in [0.15, 0.2) is 0 Å². The number of imide groups is 1. The minimum absolute atomic E-state index is 0.0348. The lowest BCUT2D eigenvalue weighted by molar-refractivity contribution is -0.151. The van der Waals surface area contributed by atoms with Crippen molar-refractivity contribution < 1.29 is 19.4 Å². The number of hydrogen-bond donors (Lipinski definition) is 3. The highest BCUT2D eigenvalue weighted by Crippen LogP contribution is 2.51. The molecule has 2 amide bonds. The summed E-state index contributed by atoms with van der Waals surface area (Å²) in [7, 11) is 3.12. The number of nitrogens with two attached hydrogens (primary N) is 1. The molecule has 0 bridgehead atoms. The maximum atomic E-state index is 12.8. The topological polar surface area (TPSA) is 105 Å². The Morgan fingerprint density at radius 1 is 1.25 bits per heavy atom. The fraction of sp³-hybridized carbons (Fsp3) is 0.517. The van der Waals surface area contributed by atoms with Crippen molar-refractivity contribution in [2.45, 2.75) is 69.9 Å². The maximum Gasteiger partial charge on any atom is 0.227 e. The van der Waals surface area contributed by atoms with Crippen LogP contribution in [0, 0.1) is 6.92 Å². The number of piperidine rings is 1. The molecule has 2 aromatic carbocycles. The van der Waals surface area contributed by atoms with E-state index in [4.69, 9.17) is 4.74 Å². The highest BCUT2D eigenvalue weighted by molar-refractivity contribution is 5.87. The van der Waals surface area contributed by atoms with E-state index in [1.165, 1.54) is 12.6 Å². The first kappa shape index (κ1) is 29.5. The predicted octanol–water partition coefficient (Wildman–Crippen LogP) is 3.35. The van der Waals surface area contributed by atoms with Crippen LogP contribution in [0.4, 0.5) is 0 Å². The van der Waals surface area contributed by atoms with Gasteiger partial charge in [-0.3, -0.25) is 19.8 Å². The van der Waals surface area contributed by atoms with E-state index < -0.39 is 11.0 Å². The molecule has 1 heterocycles. The lowest BCUT2D eigenvalue weighted by Crippen LogP contribution is -2.68. The fourth-order valence-electron chi connectivity index (χ4n) is 5.84. The Morgan fingerprint density at radius 2 is 1.94 bits per heavy atom. The van der Waals surface area contributed by atoms with Crippen molar-refractivity contribution in [1.29, 1.82) is 0 Å². The minimum Gasteiger partial charge on any atom is -0.497 e. The van der Waals surface area contributed by atoms with Gasteiger partial charge in [-0.1, -0.05) is 49.7 Å². The zero-order chi connectivity index (χ0) is 26.8. The zero-order valence-corrected chi connectivity index (χ0v) is 22.4. The number of amides is 2. The van der Waals surface area contributed by atoms with E-state index >= 15 is 0 Å². The summed E-state index contributed by atoms with van der Waals surface area (Å²) in [5.41, 5.74) is 5.66. The zero-order valence-electron chi connectivity index (χ0n) is 22.4. The average molecular weight is 498 g/mol. The molecule has 3 atom stereocenters. The second-order valence-corrected chi connectivity index (χ2v) is 9.50. The van der Waals surface area contributed by atoms with E-state index in [1.54, 1.807) is 7.11 Å². The third kappa shape index (κ3) is 6.14. The number of methoxy groups -OCH3 is 1. The van der Waals surface area contributed by atoms with E-state index in [-0.39, 0.29) is 18.4 Å². The summed E-state index contributed by atoms with van der Waals surface area (Å²) in [6, 6.07) is 16.0. The number of carbonyl (C=O) groups is 2. The van der Waals surface area contributed by atoms with Crippen molar-refractivity contribution in [3.05, 3.63) is 65.2 Å². The van der Waals surface area contributed by atoms with Gasteiger partial charge in [0.25, 0.3) is 0 Å². The molecule has 1 saturated heterocycles. The highest BCUT2D eigenvalue weighted by Gasteiger charge is 2.58. The Morgan fingerprint density at radius 3 is 2.56 bits per heavy atom. The van der Waals surface area contributed by atoms with Gasteiger partial charge in [-0.15, -0.1) is 0 Å². The molecule has 1 fully saturated rings. The van der Waals surface area contributed by atoms with Crippen LogP contribution in [0.5, 0.6) is 5.75 Å². The van der Waals surface area contributed by atoms with Crippen molar-refractivity contribution in [2.75, 3.05) is 27.2 Å². The predicted molar refractivity (Wildman–Crippen MR) is 144 cm³/mol. The number of aliphatic hydroxyl groups is 1. The molecule has 1 aliphatic rings. The monoisotopic (exact) mass is 497 g/mol. The molecule has 0 spiro atoms. The summed E-state index contributed by atoms with van der Waals surface area (Å²) in [6.45, 7) is 7.70. The summed E-state index contributed by atoms with van der Waals surface area (Å²) in [5, 5.41) is 14.8. The minimum atomic E-state index is -1.17. The molecule has 7 nitrogen and oxygen atoms in total. The van der Waals surface area contributed by atoms with Crippen LogP contribution in [0.15, 0.2) is 48.5 Å². The third-order valence-corrected chi connectivity index (χ3v) is 7.70. The molecule has 36 heavy (non-hydrogen) atoms. The highest BCUT2D eigenvalue weighted by atomic mass is 16.5. The number of carbonyl (C=O) groups excluding carboxylic acids is 2. The molecule has 4 N–H and O–H groups in total. The van der Waals surface area contributed by atoms with Gasteiger partial charge in [-0.25, -0.2) is 0 Å². The largest absolute Gasteiger partial charge is 0.497 e. The standard InChI is InChI=1S/C28H38N2O4.CH5N/c1-5-14-28(33)22(3)30(16-13-23-9-7-6-8-10-23)17-15-27(28,19-26(32)29-20-31)25-18-24(34-4)12-11-21(25)2;1-2/h6-12,18,20,22,33H,5,13-17,19H2,1-4H3,(H,29,31,32);2H2,1H3. The number of ether oxygens (including phenoxy) is 1. The lowest BCUT2D eigenvalue weighted by Gasteiger charge is -2.58. The van der Waals surface area contributed by atoms with Crippen molar-refractivity contribution in [3.8, 4) is 5.75 Å². The second-order valence-electron chi connectivity index (χ2n) is 9.50. The van der Waals surface area contributed by atoms with E-state index in [2.05, 4.69) is 41.9 Å². The van der Waals surface area contributed by atoms with Gasteiger partial charge in [-0.2, -0.15) is 0 Å². The van der Waals surface area contributed by atoms with Gasteiger partial charge >= 0.3 is 0 Å². The Balaban J connectivity index is 0.00000222. The van der Waals surface area contributed by atoms with Crippen LogP contribution in [0.3, 0.4) is 0 Å². The van der Waals surface area contributed by atoms with Crippen LogP contribution in [0.1, 0.15) is 56.2 Å². The van der Waals surface area contributed by atoms with E-state index in [0.29, 0.717) is 25.0 Å². The number of rotatable bonds is 10. The van der Waals surface area contributed by atoms with Gasteiger partial charge in [0.1, 0.15) is 5.75 Å². The quantitative estimate of drug-likeness (QED) is 0.435. The smallest absolute Gasteiger partial charge is 0.227 e. The summed E-state index contributed by atoms with van der Waals surface area (Å²) in [4.78, 5) is 26.3. The van der Waals surface area contributed by atoms with Crippen LogP contribution in [0.25, 0.3) is 0 Å². The summed E-state index contributed by atoms with van der Waals surface area (Å²) in [5.74, 6) is 0.311. The average Bonchev–Trinajstić information content (AvgIpc) is 2.89. The number of benzene rings is 2. The van der Waals surface area contributed by atoms with Crippen molar-refractivity contribution in [3.63, 3.8) is 0 Å². The maximum absolute atomic E-state index is 12.8. The summed E-state index contributed by atoms with van der Waals surface area (Å²) in [6.07, 6.45) is 3.26. The van der Waals surface area contributed by atoms with Gasteiger partial charge in [0, 0.05) is 24.4 Å². The number of likely N-dealkylation sites (tertiary alicyclic amines) is 1. The molecule has 198 valence electrons. The molecule has 3 rings (SSSR count). The van der Waals surface area contributed by atoms with Crippen LogP contribution in [0.2, 0.25) is 0 Å². The van der Waals surface area contributed by atoms with Crippen LogP contribution >= 0.6 is 0 Å². The molecule has 3 unspecified atom stereocenters. The molecule has 1 aliphatic heterocycles. The molecule has 2 aromatic rings. The van der Waals surface area contributed by atoms with E-state index in [9.17, 15) is 14.7 Å². The van der Waals surface area contributed by atoms with Crippen LogP contribution < -0.4 is 15.8 Å².